The van der Waals surface area contributed by atoms with Crippen molar-refractivity contribution in [1.82, 2.24) is 4.90 Å². The van der Waals surface area contributed by atoms with Crippen LogP contribution in [0, 0.1) is 5.92 Å². The average molecular weight is 285 g/mol. The lowest BCUT2D eigenvalue weighted by Gasteiger charge is -2.41. The number of carbonyl (C=O) groups is 1. The fourth-order valence-corrected chi connectivity index (χ4v) is 2.53. The van der Waals surface area contributed by atoms with E-state index in [2.05, 4.69) is 13.8 Å². The summed E-state index contributed by atoms with van der Waals surface area (Å²) >= 11 is 0. The highest BCUT2D eigenvalue weighted by atomic mass is 16.6. The molecule has 1 saturated heterocycles. The van der Waals surface area contributed by atoms with Crippen LogP contribution in [0.15, 0.2) is 0 Å². The minimum atomic E-state index is -0.426. The number of amides is 1. The van der Waals surface area contributed by atoms with Crippen LogP contribution in [-0.4, -0.2) is 42.4 Å². The maximum absolute atomic E-state index is 12.0. The molecule has 1 fully saturated rings. The van der Waals surface area contributed by atoms with Gasteiger partial charge in [-0.15, -0.1) is 0 Å². The first kappa shape index (κ1) is 17.3. The van der Waals surface area contributed by atoms with Crippen molar-refractivity contribution in [3.63, 3.8) is 0 Å². The van der Waals surface area contributed by atoms with Crippen LogP contribution in [0.4, 0.5) is 4.79 Å². The van der Waals surface area contributed by atoms with Crippen molar-refractivity contribution in [2.45, 2.75) is 71.5 Å². The second-order valence-corrected chi connectivity index (χ2v) is 7.29. The summed E-state index contributed by atoms with van der Waals surface area (Å²) in [4.78, 5) is 13.8. The van der Waals surface area contributed by atoms with Crippen LogP contribution in [0.1, 0.15) is 60.3 Å². The molecule has 1 rings (SSSR count). The molecule has 4 heteroatoms. The average Bonchev–Trinajstić information content (AvgIpc) is 2.35. The number of rotatable bonds is 4. The zero-order chi connectivity index (χ0) is 15.4. The quantitative estimate of drug-likeness (QED) is 0.787. The van der Waals surface area contributed by atoms with E-state index in [1.807, 2.05) is 20.8 Å². The Kier molecular flexibility index (Phi) is 5.87. The van der Waals surface area contributed by atoms with Crippen LogP contribution in [0.25, 0.3) is 0 Å². The Hall–Kier alpha value is -0.770. The molecule has 0 aliphatic carbocycles. The first-order valence-corrected chi connectivity index (χ1v) is 7.70. The number of methoxy groups -OCH3 is 1. The number of carbonyl (C=O) groups excluding carboxylic acids is 1. The molecule has 0 atom stereocenters. The van der Waals surface area contributed by atoms with Gasteiger partial charge in [-0.1, -0.05) is 13.8 Å². The van der Waals surface area contributed by atoms with Gasteiger partial charge in [0.2, 0.25) is 0 Å². The molecule has 0 spiro atoms. The molecule has 0 N–H and O–H groups in total. The summed E-state index contributed by atoms with van der Waals surface area (Å²) in [6.07, 6.45) is 3.83. The maximum Gasteiger partial charge on any atom is 0.410 e. The van der Waals surface area contributed by atoms with Crippen molar-refractivity contribution in [2.24, 2.45) is 5.92 Å². The fraction of sp³-hybridized carbons (Fsp3) is 0.938. The highest BCUT2D eigenvalue weighted by Crippen LogP contribution is 2.32. The number of nitrogens with zero attached hydrogens (tertiary/aromatic N) is 1. The van der Waals surface area contributed by atoms with E-state index in [9.17, 15) is 4.79 Å². The number of hydrogen-bond acceptors (Lipinski definition) is 3. The molecule has 0 unspecified atom stereocenters. The zero-order valence-corrected chi connectivity index (χ0v) is 14.0. The first-order chi connectivity index (χ1) is 9.17. The molecule has 0 aromatic rings. The molecule has 1 aliphatic heterocycles. The third kappa shape index (κ3) is 5.31. The molecule has 0 bridgehead atoms. The van der Waals surface area contributed by atoms with Gasteiger partial charge < -0.3 is 14.4 Å². The van der Waals surface area contributed by atoms with Gasteiger partial charge in [-0.05, 0) is 52.4 Å². The number of piperidine rings is 1. The van der Waals surface area contributed by atoms with Gasteiger partial charge in [-0.2, -0.15) is 0 Å². The minimum Gasteiger partial charge on any atom is -0.444 e. The Labute approximate surface area is 123 Å². The molecule has 1 heterocycles. The molecule has 1 aliphatic rings. The van der Waals surface area contributed by atoms with E-state index in [0.717, 1.165) is 32.4 Å². The second-order valence-electron chi connectivity index (χ2n) is 7.29. The molecule has 20 heavy (non-hydrogen) atoms. The molecule has 4 nitrogen and oxygen atoms in total. The lowest BCUT2D eigenvalue weighted by atomic mass is 9.85. The Morgan fingerprint density at radius 2 is 1.80 bits per heavy atom. The predicted molar refractivity (Wildman–Crippen MR) is 80.9 cm³/mol. The highest BCUT2D eigenvalue weighted by molar-refractivity contribution is 5.68. The molecule has 0 saturated carbocycles. The standard InChI is InChI=1S/C16H31NO3/c1-13(2)7-8-16(19-6)9-11-17(12-10-16)14(18)20-15(3,4)5/h13H,7-12H2,1-6H3. The molecule has 0 aromatic carbocycles. The highest BCUT2D eigenvalue weighted by Gasteiger charge is 2.36. The summed E-state index contributed by atoms with van der Waals surface area (Å²) in [6, 6.07) is 0. The normalized spacial score (nSPS) is 19.2. The van der Waals surface area contributed by atoms with Crippen molar-refractivity contribution in [1.29, 1.82) is 0 Å². The van der Waals surface area contributed by atoms with Crippen LogP contribution >= 0.6 is 0 Å². The summed E-state index contributed by atoms with van der Waals surface area (Å²) in [5.74, 6) is 0.686. The van der Waals surface area contributed by atoms with Gasteiger partial charge in [-0.3, -0.25) is 0 Å². The summed E-state index contributed by atoms with van der Waals surface area (Å²) in [5, 5.41) is 0. The van der Waals surface area contributed by atoms with Gasteiger partial charge in [-0.25, -0.2) is 4.79 Å². The van der Waals surface area contributed by atoms with E-state index in [-0.39, 0.29) is 11.7 Å². The van der Waals surface area contributed by atoms with Crippen LogP contribution in [0.2, 0.25) is 0 Å². The summed E-state index contributed by atoms with van der Waals surface area (Å²) in [5.41, 5.74) is -0.479. The molecular formula is C16H31NO3. The molecule has 1 amide bonds. The van der Waals surface area contributed by atoms with Gasteiger partial charge in [0.15, 0.2) is 0 Å². The topological polar surface area (TPSA) is 38.8 Å². The van der Waals surface area contributed by atoms with Crippen molar-refractivity contribution >= 4 is 6.09 Å². The van der Waals surface area contributed by atoms with E-state index in [1.54, 1.807) is 12.0 Å². The van der Waals surface area contributed by atoms with E-state index in [1.165, 1.54) is 6.42 Å². The monoisotopic (exact) mass is 285 g/mol. The van der Waals surface area contributed by atoms with Crippen molar-refractivity contribution in [3.8, 4) is 0 Å². The third-order valence-corrected chi connectivity index (χ3v) is 3.94. The van der Waals surface area contributed by atoms with Gasteiger partial charge in [0, 0.05) is 20.2 Å². The SMILES string of the molecule is COC1(CCC(C)C)CCN(C(=O)OC(C)(C)C)CC1. The van der Waals surface area contributed by atoms with Crippen LogP contribution in [0.5, 0.6) is 0 Å². The molecule has 118 valence electrons. The largest absolute Gasteiger partial charge is 0.444 e. The molecule has 0 aromatic heterocycles. The summed E-state index contributed by atoms with van der Waals surface area (Å²) in [7, 11) is 1.80. The number of ether oxygens (including phenoxy) is 2. The first-order valence-electron chi connectivity index (χ1n) is 7.70. The Bertz CT molecular complexity index is 312. The van der Waals surface area contributed by atoms with E-state index in [0.29, 0.717) is 5.92 Å². The van der Waals surface area contributed by atoms with Gasteiger partial charge >= 0.3 is 6.09 Å². The van der Waals surface area contributed by atoms with Gasteiger partial charge in [0.05, 0.1) is 5.60 Å². The van der Waals surface area contributed by atoms with Crippen LogP contribution in [-0.2, 0) is 9.47 Å². The predicted octanol–water partition coefficient (Wildman–Crippen LogP) is 3.84. The Balaban J connectivity index is 2.50. The summed E-state index contributed by atoms with van der Waals surface area (Å²) in [6.45, 7) is 11.6. The van der Waals surface area contributed by atoms with Crippen LogP contribution in [0.3, 0.4) is 0 Å². The maximum atomic E-state index is 12.0. The Morgan fingerprint density at radius 1 is 1.25 bits per heavy atom. The number of hydrogen-bond donors (Lipinski definition) is 0. The van der Waals surface area contributed by atoms with E-state index >= 15 is 0 Å². The molecular weight excluding hydrogens is 254 g/mol. The smallest absolute Gasteiger partial charge is 0.410 e. The van der Waals surface area contributed by atoms with Gasteiger partial charge in [0.1, 0.15) is 5.60 Å². The van der Waals surface area contributed by atoms with Gasteiger partial charge in [0.25, 0.3) is 0 Å². The van der Waals surface area contributed by atoms with E-state index < -0.39 is 5.60 Å². The summed E-state index contributed by atoms with van der Waals surface area (Å²) < 4.78 is 11.2. The Morgan fingerprint density at radius 3 is 2.20 bits per heavy atom. The fourth-order valence-electron chi connectivity index (χ4n) is 2.53. The zero-order valence-electron chi connectivity index (χ0n) is 14.0. The molecule has 0 radical (unpaired) electrons. The van der Waals surface area contributed by atoms with Crippen molar-refractivity contribution in [3.05, 3.63) is 0 Å². The van der Waals surface area contributed by atoms with E-state index in [4.69, 9.17) is 9.47 Å². The second kappa shape index (κ2) is 6.79. The van der Waals surface area contributed by atoms with Crippen LogP contribution < -0.4 is 0 Å². The van der Waals surface area contributed by atoms with Crippen molar-refractivity contribution < 1.29 is 14.3 Å². The van der Waals surface area contributed by atoms with Crippen molar-refractivity contribution in [2.75, 3.05) is 20.2 Å². The lowest BCUT2D eigenvalue weighted by molar-refractivity contribution is -0.0676. The lowest BCUT2D eigenvalue weighted by Crippen LogP contribution is -2.49. The third-order valence-electron chi connectivity index (χ3n) is 3.94. The number of likely N-dealkylation sites (tertiary alicyclic amines) is 1. The minimum absolute atomic E-state index is 0.0528.